The van der Waals surface area contributed by atoms with Gasteiger partial charge in [-0.2, -0.15) is 5.10 Å². The highest BCUT2D eigenvalue weighted by molar-refractivity contribution is 7.80. The lowest BCUT2D eigenvalue weighted by Crippen LogP contribution is -2.28. The van der Waals surface area contributed by atoms with Crippen molar-refractivity contribution in [3.8, 4) is 5.75 Å². The molecule has 4 nitrogen and oxygen atoms in total. The van der Waals surface area contributed by atoms with Crippen molar-refractivity contribution in [1.29, 1.82) is 0 Å². The summed E-state index contributed by atoms with van der Waals surface area (Å²) in [5, 5.41) is 7.27. The number of nitrogens with one attached hydrogen (secondary N) is 2. The highest BCUT2D eigenvalue weighted by Gasteiger charge is 2.02. The van der Waals surface area contributed by atoms with E-state index in [4.69, 9.17) is 17.0 Å². The molecule has 0 heterocycles. The molecule has 1 aromatic rings. The Bertz CT molecular complexity index is 404. The summed E-state index contributed by atoms with van der Waals surface area (Å²) >= 11 is 4.91. The first-order chi connectivity index (χ1) is 8.13. The minimum atomic E-state index is 0.135. The van der Waals surface area contributed by atoms with Gasteiger partial charge in [-0.3, -0.25) is 5.43 Å². The lowest BCUT2D eigenvalue weighted by molar-refractivity contribution is 0.242. The molecule has 2 N–H and O–H groups in total. The number of hydrazone groups is 1. The Kier molecular flexibility index (Phi) is 5.42. The quantitative estimate of drug-likeness (QED) is 0.487. The van der Waals surface area contributed by atoms with Crippen molar-refractivity contribution in [2.45, 2.75) is 20.0 Å². The van der Waals surface area contributed by atoms with Gasteiger partial charge in [0.1, 0.15) is 5.75 Å². The Morgan fingerprint density at radius 3 is 2.76 bits per heavy atom. The van der Waals surface area contributed by atoms with Crippen LogP contribution in [0.4, 0.5) is 0 Å². The van der Waals surface area contributed by atoms with Crippen LogP contribution in [0.2, 0.25) is 0 Å². The van der Waals surface area contributed by atoms with Gasteiger partial charge in [0.05, 0.1) is 12.3 Å². The molecular formula is C12H17N3OS. The second-order valence-electron chi connectivity index (χ2n) is 3.65. The summed E-state index contributed by atoms with van der Waals surface area (Å²) in [6.45, 7) is 3.98. The van der Waals surface area contributed by atoms with Crippen LogP contribution < -0.4 is 15.5 Å². The van der Waals surface area contributed by atoms with E-state index in [1.807, 2.05) is 38.1 Å². The largest absolute Gasteiger partial charge is 0.490 e. The molecule has 0 aliphatic heterocycles. The second-order valence-corrected chi connectivity index (χ2v) is 4.06. The molecule has 1 rings (SSSR count). The SMILES string of the molecule is CNC(=S)N/N=C/c1ccccc1OC(C)C. The van der Waals surface area contributed by atoms with E-state index in [1.165, 1.54) is 0 Å². The first-order valence-electron chi connectivity index (χ1n) is 5.40. The maximum absolute atomic E-state index is 5.66. The third-order valence-corrected chi connectivity index (χ3v) is 2.17. The van der Waals surface area contributed by atoms with Crippen molar-refractivity contribution in [2.24, 2.45) is 5.10 Å². The van der Waals surface area contributed by atoms with Gasteiger partial charge >= 0.3 is 0 Å². The maximum Gasteiger partial charge on any atom is 0.186 e. The molecule has 17 heavy (non-hydrogen) atoms. The fraction of sp³-hybridized carbons (Fsp3) is 0.333. The summed E-state index contributed by atoms with van der Waals surface area (Å²) in [6.07, 6.45) is 1.82. The molecule has 0 fully saturated rings. The van der Waals surface area contributed by atoms with Gasteiger partial charge in [0.25, 0.3) is 0 Å². The van der Waals surface area contributed by atoms with Crippen LogP contribution in [0, 0.1) is 0 Å². The van der Waals surface area contributed by atoms with Gasteiger partial charge in [-0.15, -0.1) is 0 Å². The fourth-order valence-electron chi connectivity index (χ4n) is 1.16. The summed E-state index contributed by atoms with van der Waals surface area (Å²) < 4.78 is 5.66. The van der Waals surface area contributed by atoms with Crippen molar-refractivity contribution in [1.82, 2.24) is 10.7 Å². The standard InChI is InChI=1S/C12H17N3OS/c1-9(2)16-11-7-5-4-6-10(11)8-14-15-12(17)13-3/h4-9H,1-3H3,(H2,13,15,17)/b14-8+. The van der Waals surface area contributed by atoms with Gasteiger partial charge in [-0.25, -0.2) is 0 Å². The lowest BCUT2D eigenvalue weighted by atomic mass is 10.2. The number of rotatable bonds is 4. The van der Waals surface area contributed by atoms with E-state index in [-0.39, 0.29) is 6.10 Å². The number of hydrogen-bond donors (Lipinski definition) is 2. The van der Waals surface area contributed by atoms with Gasteiger partial charge in [-0.1, -0.05) is 12.1 Å². The zero-order valence-electron chi connectivity index (χ0n) is 10.2. The highest BCUT2D eigenvalue weighted by atomic mass is 32.1. The van der Waals surface area contributed by atoms with Crippen LogP contribution >= 0.6 is 12.2 Å². The molecule has 0 aliphatic carbocycles. The summed E-state index contributed by atoms with van der Waals surface area (Å²) in [5.41, 5.74) is 3.61. The van der Waals surface area contributed by atoms with Crippen LogP contribution in [0.25, 0.3) is 0 Å². The highest BCUT2D eigenvalue weighted by Crippen LogP contribution is 2.17. The minimum Gasteiger partial charge on any atom is -0.490 e. The molecule has 1 aromatic carbocycles. The predicted octanol–water partition coefficient (Wildman–Crippen LogP) is 1.90. The normalized spacial score (nSPS) is 10.6. The van der Waals surface area contributed by atoms with Gasteiger partial charge in [-0.05, 0) is 38.2 Å². The van der Waals surface area contributed by atoms with E-state index in [1.54, 1.807) is 13.3 Å². The minimum absolute atomic E-state index is 0.135. The molecule has 0 aliphatic rings. The summed E-state index contributed by atoms with van der Waals surface area (Å²) in [6, 6.07) is 7.72. The predicted molar refractivity (Wildman–Crippen MR) is 74.6 cm³/mol. The third-order valence-electron chi connectivity index (χ3n) is 1.88. The van der Waals surface area contributed by atoms with Crippen LogP contribution in [0.5, 0.6) is 5.75 Å². The summed E-state index contributed by atoms with van der Waals surface area (Å²) in [5.74, 6) is 0.809. The molecule has 0 radical (unpaired) electrons. The molecule has 92 valence electrons. The van der Waals surface area contributed by atoms with Crippen molar-refractivity contribution >= 4 is 23.5 Å². The van der Waals surface area contributed by atoms with Crippen molar-refractivity contribution in [3.63, 3.8) is 0 Å². The molecular weight excluding hydrogens is 234 g/mol. The van der Waals surface area contributed by atoms with E-state index < -0.39 is 0 Å². The smallest absolute Gasteiger partial charge is 0.186 e. The van der Waals surface area contributed by atoms with Gasteiger partial charge in [0.15, 0.2) is 5.11 Å². The number of thiocarbonyl (C=S) groups is 1. The van der Waals surface area contributed by atoms with Crippen LogP contribution in [0.3, 0.4) is 0 Å². The van der Waals surface area contributed by atoms with E-state index in [9.17, 15) is 0 Å². The zero-order valence-corrected chi connectivity index (χ0v) is 11.0. The van der Waals surface area contributed by atoms with Crippen LogP contribution in [0.1, 0.15) is 19.4 Å². The molecule has 0 aromatic heterocycles. The van der Waals surface area contributed by atoms with Gasteiger partial charge in [0, 0.05) is 12.6 Å². The fourth-order valence-corrected chi connectivity index (χ4v) is 1.22. The molecule has 0 atom stereocenters. The van der Waals surface area contributed by atoms with Crippen molar-refractivity contribution in [3.05, 3.63) is 29.8 Å². The van der Waals surface area contributed by atoms with Gasteiger partial charge < -0.3 is 10.1 Å². The first kappa shape index (κ1) is 13.4. The Hall–Kier alpha value is -1.62. The first-order valence-corrected chi connectivity index (χ1v) is 5.80. The number of nitrogens with zero attached hydrogens (tertiary/aromatic N) is 1. The van der Waals surface area contributed by atoms with E-state index >= 15 is 0 Å². The average molecular weight is 251 g/mol. The lowest BCUT2D eigenvalue weighted by Gasteiger charge is -2.11. The number of para-hydroxylation sites is 1. The molecule has 0 bridgehead atoms. The third kappa shape index (κ3) is 4.82. The van der Waals surface area contributed by atoms with Crippen LogP contribution in [-0.2, 0) is 0 Å². The molecule has 0 saturated heterocycles. The number of hydrogen-bond acceptors (Lipinski definition) is 3. The monoisotopic (exact) mass is 251 g/mol. The summed E-state index contributed by atoms with van der Waals surface area (Å²) in [4.78, 5) is 0. The maximum atomic E-state index is 5.66. The molecule has 5 heteroatoms. The van der Waals surface area contributed by atoms with Crippen molar-refractivity contribution < 1.29 is 4.74 Å². The van der Waals surface area contributed by atoms with E-state index in [2.05, 4.69) is 15.8 Å². The second kappa shape index (κ2) is 6.85. The molecule has 0 amide bonds. The topological polar surface area (TPSA) is 45.7 Å². The Morgan fingerprint density at radius 2 is 2.12 bits per heavy atom. The average Bonchev–Trinajstić information content (AvgIpc) is 2.30. The number of ether oxygens (including phenoxy) is 1. The zero-order chi connectivity index (χ0) is 12.7. The van der Waals surface area contributed by atoms with E-state index in [0.29, 0.717) is 5.11 Å². The Morgan fingerprint density at radius 1 is 1.41 bits per heavy atom. The van der Waals surface area contributed by atoms with Crippen molar-refractivity contribution in [2.75, 3.05) is 7.05 Å². The van der Waals surface area contributed by atoms with E-state index in [0.717, 1.165) is 11.3 Å². The van der Waals surface area contributed by atoms with Crippen LogP contribution in [0.15, 0.2) is 29.4 Å². The summed E-state index contributed by atoms with van der Waals surface area (Å²) in [7, 11) is 1.74. The molecule has 0 unspecified atom stereocenters. The number of benzene rings is 1. The molecule has 0 saturated carbocycles. The van der Waals surface area contributed by atoms with Gasteiger partial charge in [0.2, 0.25) is 0 Å². The Labute approximate surface area is 107 Å². The van der Waals surface area contributed by atoms with Crippen LogP contribution in [-0.4, -0.2) is 24.5 Å². The molecule has 0 spiro atoms. The Balaban J connectivity index is 2.72.